The van der Waals surface area contributed by atoms with E-state index in [0.717, 1.165) is 39.4 Å². The summed E-state index contributed by atoms with van der Waals surface area (Å²) in [4.78, 5) is 4.52. The molecular formula is C16H19N5O2S2. The molecule has 7 nitrogen and oxygen atoms in total. The Hall–Kier alpha value is -1.84. The van der Waals surface area contributed by atoms with E-state index < -0.39 is 10.0 Å². The molecular weight excluding hydrogens is 358 g/mol. The van der Waals surface area contributed by atoms with Gasteiger partial charge in [-0.2, -0.15) is 0 Å². The van der Waals surface area contributed by atoms with E-state index in [0.29, 0.717) is 13.1 Å². The number of hydrogen-bond acceptors (Lipinski definition) is 6. The number of aryl methyl sites for hydroxylation is 1. The molecule has 0 spiro atoms. The van der Waals surface area contributed by atoms with Crippen LogP contribution in [0.5, 0.6) is 0 Å². The van der Waals surface area contributed by atoms with Gasteiger partial charge in [-0.15, -0.1) is 16.4 Å². The van der Waals surface area contributed by atoms with Crippen molar-refractivity contribution in [2.24, 2.45) is 0 Å². The van der Waals surface area contributed by atoms with Crippen molar-refractivity contribution in [3.8, 4) is 5.69 Å². The van der Waals surface area contributed by atoms with Gasteiger partial charge in [0.25, 0.3) is 0 Å². The maximum atomic E-state index is 11.6. The summed E-state index contributed by atoms with van der Waals surface area (Å²) in [6.07, 6.45) is 4.76. The SMILES string of the molecule is Cc1nc2cc(-n3cc(C4CCN(S(C)(=O)=O)CC4)nn3)ccc2s1. The quantitative estimate of drug-likeness (QED) is 0.700. The molecule has 0 bridgehead atoms. The van der Waals surface area contributed by atoms with Crippen LogP contribution in [-0.4, -0.2) is 52.0 Å². The fourth-order valence-electron chi connectivity index (χ4n) is 3.25. The molecule has 25 heavy (non-hydrogen) atoms. The van der Waals surface area contributed by atoms with Crippen molar-refractivity contribution < 1.29 is 8.42 Å². The minimum absolute atomic E-state index is 0.247. The van der Waals surface area contributed by atoms with Crippen LogP contribution in [-0.2, 0) is 10.0 Å². The highest BCUT2D eigenvalue weighted by atomic mass is 32.2. The van der Waals surface area contributed by atoms with E-state index in [1.807, 2.05) is 25.3 Å². The Kier molecular flexibility index (Phi) is 4.09. The molecule has 0 unspecified atom stereocenters. The Balaban J connectivity index is 1.54. The lowest BCUT2D eigenvalue weighted by Crippen LogP contribution is -2.37. The summed E-state index contributed by atoms with van der Waals surface area (Å²) in [5, 5.41) is 9.61. The predicted octanol–water partition coefficient (Wildman–Crippen LogP) is 2.32. The maximum absolute atomic E-state index is 11.6. The summed E-state index contributed by atoms with van der Waals surface area (Å²) in [6.45, 7) is 3.08. The zero-order chi connectivity index (χ0) is 17.6. The van der Waals surface area contributed by atoms with Crippen molar-refractivity contribution in [3.63, 3.8) is 0 Å². The average molecular weight is 377 g/mol. The van der Waals surface area contributed by atoms with Crippen molar-refractivity contribution in [3.05, 3.63) is 35.1 Å². The molecule has 4 rings (SSSR count). The molecule has 1 aliphatic rings. The standard InChI is InChI=1S/C16H19N5O2S2/c1-11-17-14-9-13(3-4-16(14)24-11)21-10-15(18-19-21)12-5-7-20(8-6-12)25(2,22)23/h3-4,9-10,12H,5-8H2,1-2H3. The van der Waals surface area contributed by atoms with Gasteiger partial charge < -0.3 is 0 Å². The Bertz CT molecular complexity index is 1020. The van der Waals surface area contributed by atoms with Gasteiger partial charge >= 0.3 is 0 Å². The normalized spacial score (nSPS) is 17.4. The topological polar surface area (TPSA) is 81.0 Å². The third-order valence-electron chi connectivity index (χ3n) is 4.59. The number of thiazole rings is 1. The van der Waals surface area contributed by atoms with Gasteiger partial charge in [0.15, 0.2) is 0 Å². The second kappa shape index (κ2) is 6.15. The molecule has 0 N–H and O–H groups in total. The summed E-state index contributed by atoms with van der Waals surface area (Å²) in [7, 11) is -3.10. The van der Waals surface area contributed by atoms with Crippen LogP contribution in [0.15, 0.2) is 24.4 Å². The molecule has 132 valence electrons. The van der Waals surface area contributed by atoms with Crippen molar-refractivity contribution in [2.75, 3.05) is 19.3 Å². The van der Waals surface area contributed by atoms with Crippen LogP contribution in [0.3, 0.4) is 0 Å². The molecule has 0 saturated carbocycles. The molecule has 1 aliphatic heterocycles. The second-order valence-electron chi connectivity index (χ2n) is 6.41. The molecule has 1 fully saturated rings. The van der Waals surface area contributed by atoms with Crippen LogP contribution in [0.4, 0.5) is 0 Å². The summed E-state index contributed by atoms with van der Waals surface area (Å²) in [5.74, 6) is 0.247. The van der Waals surface area contributed by atoms with Crippen molar-refractivity contribution in [1.29, 1.82) is 0 Å². The molecule has 3 heterocycles. The largest absolute Gasteiger partial charge is 0.241 e. The van der Waals surface area contributed by atoms with E-state index in [-0.39, 0.29) is 5.92 Å². The van der Waals surface area contributed by atoms with Crippen LogP contribution < -0.4 is 0 Å². The average Bonchev–Trinajstić information content (AvgIpc) is 3.19. The Morgan fingerprint density at radius 3 is 2.72 bits per heavy atom. The van der Waals surface area contributed by atoms with Crippen LogP contribution in [0.25, 0.3) is 15.9 Å². The molecule has 2 aromatic heterocycles. The summed E-state index contributed by atoms with van der Waals surface area (Å²) < 4.78 is 27.7. The van der Waals surface area contributed by atoms with E-state index >= 15 is 0 Å². The minimum Gasteiger partial charge on any atom is -0.241 e. The third kappa shape index (κ3) is 3.31. The summed E-state index contributed by atoms with van der Waals surface area (Å²) in [6, 6.07) is 6.09. The van der Waals surface area contributed by atoms with Gasteiger partial charge in [-0.05, 0) is 38.0 Å². The first kappa shape index (κ1) is 16.6. The molecule has 1 saturated heterocycles. The predicted molar refractivity (Wildman–Crippen MR) is 97.7 cm³/mol. The molecule has 0 atom stereocenters. The van der Waals surface area contributed by atoms with E-state index in [9.17, 15) is 8.42 Å². The Morgan fingerprint density at radius 1 is 1.24 bits per heavy atom. The number of benzene rings is 1. The molecule has 3 aromatic rings. The molecule has 0 aliphatic carbocycles. The zero-order valence-corrected chi connectivity index (χ0v) is 15.7. The van der Waals surface area contributed by atoms with Gasteiger partial charge in [0.1, 0.15) is 0 Å². The number of fused-ring (bicyclic) bond motifs is 1. The second-order valence-corrected chi connectivity index (χ2v) is 9.63. The monoisotopic (exact) mass is 377 g/mol. The van der Waals surface area contributed by atoms with E-state index in [1.165, 1.54) is 10.6 Å². The van der Waals surface area contributed by atoms with Crippen molar-refractivity contribution >= 4 is 31.6 Å². The van der Waals surface area contributed by atoms with Gasteiger partial charge in [0, 0.05) is 19.0 Å². The smallest absolute Gasteiger partial charge is 0.211 e. The van der Waals surface area contributed by atoms with Crippen molar-refractivity contribution in [2.45, 2.75) is 25.7 Å². The molecule has 1 aromatic carbocycles. The lowest BCUT2D eigenvalue weighted by atomic mass is 9.95. The van der Waals surface area contributed by atoms with E-state index in [2.05, 4.69) is 21.4 Å². The number of nitrogens with zero attached hydrogens (tertiary/aromatic N) is 5. The minimum atomic E-state index is -3.10. The Morgan fingerprint density at radius 2 is 2.00 bits per heavy atom. The third-order valence-corrected chi connectivity index (χ3v) is 6.85. The number of sulfonamides is 1. The van der Waals surface area contributed by atoms with Crippen LogP contribution in [0.2, 0.25) is 0 Å². The van der Waals surface area contributed by atoms with Gasteiger partial charge in [-0.1, -0.05) is 5.21 Å². The number of aromatic nitrogens is 4. The van der Waals surface area contributed by atoms with Crippen LogP contribution in [0, 0.1) is 6.92 Å². The van der Waals surface area contributed by atoms with Gasteiger partial charge in [0.05, 0.1) is 39.1 Å². The van der Waals surface area contributed by atoms with Crippen molar-refractivity contribution in [1.82, 2.24) is 24.3 Å². The zero-order valence-electron chi connectivity index (χ0n) is 14.1. The van der Waals surface area contributed by atoms with Crippen LogP contribution in [0.1, 0.15) is 29.5 Å². The molecule has 0 radical (unpaired) electrons. The maximum Gasteiger partial charge on any atom is 0.211 e. The van der Waals surface area contributed by atoms with E-state index in [4.69, 9.17) is 0 Å². The highest BCUT2D eigenvalue weighted by Gasteiger charge is 2.27. The number of rotatable bonds is 3. The highest BCUT2D eigenvalue weighted by molar-refractivity contribution is 7.88. The van der Waals surface area contributed by atoms with Crippen LogP contribution >= 0.6 is 11.3 Å². The molecule has 0 amide bonds. The Labute approximate surface area is 150 Å². The lowest BCUT2D eigenvalue weighted by Gasteiger charge is -2.28. The first-order valence-corrected chi connectivity index (χ1v) is 10.8. The number of hydrogen-bond donors (Lipinski definition) is 0. The fourth-order valence-corrected chi connectivity index (χ4v) is 4.93. The van der Waals surface area contributed by atoms with E-state index in [1.54, 1.807) is 16.0 Å². The lowest BCUT2D eigenvalue weighted by molar-refractivity contribution is 0.318. The highest BCUT2D eigenvalue weighted by Crippen LogP contribution is 2.28. The summed E-state index contributed by atoms with van der Waals surface area (Å²) in [5.41, 5.74) is 2.83. The fraction of sp³-hybridized carbons (Fsp3) is 0.438. The van der Waals surface area contributed by atoms with Gasteiger partial charge in [-0.25, -0.2) is 22.4 Å². The number of piperidine rings is 1. The van der Waals surface area contributed by atoms with Gasteiger partial charge in [-0.3, -0.25) is 0 Å². The molecule has 9 heteroatoms. The summed E-state index contributed by atoms with van der Waals surface area (Å²) >= 11 is 1.68. The first-order chi connectivity index (χ1) is 11.9. The van der Waals surface area contributed by atoms with Gasteiger partial charge in [0.2, 0.25) is 10.0 Å². The first-order valence-electron chi connectivity index (χ1n) is 8.15.